The summed E-state index contributed by atoms with van der Waals surface area (Å²) >= 11 is 6.11. The number of aryl methyl sites for hydroxylation is 1. The van der Waals surface area contributed by atoms with Crippen LogP contribution in [-0.4, -0.2) is 34.3 Å². The number of ether oxygens (including phenoxy) is 2. The van der Waals surface area contributed by atoms with Crippen molar-refractivity contribution in [2.45, 2.75) is 50.5 Å². The van der Waals surface area contributed by atoms with Crippen molar-refractivity contribution in [2.75, 3.05) is 19.8 Å². The number of halogens is 1. The quantitative estimate of drug-likeness (QED) is 0.721. The minimum Gasteiger partial charge on any atom is -0.492 e. The average molecular weight is 362 g/mol. The maximum absolute atomic E-state index is 12.6. The zero-order valence-electron chi connectivity index (χ0n) is 13.6. The van der Waals surface area contributed by atoms with Crippen molar-refractivity contribution >= 4 is 21.6 Å². The van der Waals surface area contributed by atoms with E-state index in [1.165, 1.54) is 6.07 Å². The van der Waals surface area contributed by atoms with Crippen LogP contribution in [0.4, 0.5) is 0 Å². The smallest absolute Gasteiger partial charge is 0.244 e. The molecular formula is C16H24ClNO4S. The zero-order chi connectivity index (χ0) is 16.9. The molecule has 0 spiro atoms. The Hall–Kier alpha value is -0.820. The molecule has 0 unspecified atom stereocenters. The van der Waals surface area contributed by atoms with E-state index >= 15 is 0 Å². The second-order valence-corrected chi connectivity index (χ2v) is 7.88. The lowest BCUT2D eigenvalue weighted by Gasteiger charge is -2.16. The highest BCUT2D eigenvalue weighted by Gasteiger charge is 2.24. The van der Waals surface area contributed by atoms with Crippen LogP contribution in [0.2, 0.25) is 5.02 Å². The third kappa shape index (κ3) is 5.08. The van der Waals surface area contributed by atoms with E-state index in [2.05, 4.69) is 11.6 Å². The van der Waals surface area contributed by atoms with E-state index in [4.69, 9.17) is 21.1 Å². The minimum atomic E-state index is -3.69. The SMILES string of the molecule is CCCCOc1cc(C)c(Cl)cc1S(=O)(=O)NC[C@H]1CCCO1. The lowest BCUT2D eigenvalue weighted by Crippen LogP contribution is -2.32. The Bertz CT molecular complexity index is 627. The Morgan fingerprint density at radius 2 is 2.22 bits per heavy atom. The number of benzene rings is 1. The van der Waals surface area contributed by atoms with Crippen molar-refractivity contribution in [3.05, 3.63) is 22.7 Å². The summed E-state index contributed by atoms with van der Waals surface area (Å²) in [7, 11) is -3.69. The van der Waals surface area contributed by atoms with Crippen LogP contribution in [0.1, 0.15) is 38.2 Å². The van der Waals surface area contributed by atoms with Gasteiger partial charge in [0.15, 0.2) is 0 Å². The van der Waals surface area contributed by atoms with E-state index in [-0.39, 0.29) is 17.5 Å². The van der Waals surface area contributed by atoms with E-state index in [1.807, 2.05) is 6.92 Å². The number of nitrogens with one attached hydrogen (secondary N) is 1. The number of sulfonamides is 1. The molecule has 1 aliphatic heterocycles. The van der Waals surface area contributed by atoms with Gasteiger partial charge in [-0.25, -0.2) is 13.1 Å². The Labute approximate surface area is 143 Å². The maximum Gasteiger partial charge on any atom is 0.244 e. The molecule has 1 aliphatic rings. The van der Waals surface area contributed by atoms with Crippen LogP contribution in [0.15, 0.2) is 17.0 Å². The van der Waals surface area contributed by atoms with Gasteiger partial charge in [0, 0.05) is 18.2 Å². The molecule has 0 radical (unpaired) electrons. The summed E-state index contributed by atoms with van der Waals surface area (Å²) in [5, 5.41) is 0.408. The van der Waals surface area contributed by atoms with Crippen LogP contribution in [0.25, 0.3) is 0 Å². The lowest BCUT2D eigenvalue weighted by molar-refractivity contribution is 0.114. The van der Waals surface area contributed by atoms with Gasteiger partial charge in [-0.3, -0.25) is 0 Å². The Balaban J connectivity index is 2.18. The van der Waals surface area contributed by atoms with Crippen LogP contribution >= 0.6 is 11.6 Å². The van der Waals surface area contributed by atoms with Crippen LogP contribution < -0.4 is 9.46 Å². The first kappa shape index (κ1) is 18.5. The van der Waals surface area contributed by atoms with Crippen LogP contribution in [0.5, 0.6) is 5.75 Å². The lowest BCUT2D eigenvalue weighted by atomic mass is 10.2. The summed E-state index contributed by atoms with van der Waals surface area (Å²) in [6, 6.07) is 3.13. The van der Waals surface area contributed by atoms with Gasteiger partial charge in [0.25, 0.3) is 0 Å². The largest absolute Gasteiger partial charge is 0.492 e. The maximum atomic E-state index is 12.6. The third-order valence-electron chi connectivity index (χ3n) is 3.79. The van der Waals surface area contributed by atoms with Crippen molar-refractivity contribution in [3.8, 4) is 5.75 Å². The van der Waals surface area contributed by atoms with Gasteiger partial charge in [0.05, 0.1) is 12.7 Å². The number of rotatable bonds is 8. The van der Waals surface area contributed by atoms with Crippen molar-refractivity contribution in [2.24, 2.45) is 0 Å². The number of unbranched alkanes of at least 4 members (excludes halogenated alkanes) is 1. The fraction of sp³-hybridized carbons (Fsp3) is 0.625. The topological polar surface area (TPSA) is 64.6 Å². The minimum absolute atomic E-state index is 0.0600. The summed E-state index contributed by atoms with van der Waals surface area (Å²) < 4.78 is 38.9. The van der Waals surface area contributed by atoms with E-state index in [0.29, 0.717) is 24.0 Å². The molecule has 23 heavy (non-hydrogen) atoms. The molecule has 1 N–H and O–H groups in total. The first-order valence-corrected chi connectivity index (χ1v) is 9.84. The fourth-order valence-electron chi connectivity index (χ4n) is 2.37. The normalized spacial score (nSPS) is 18.3. The summed E-state index contributed by atoms with van der Waals surface area (Å²) in [6.45, 7) is 5.31. The van der Waals surface area contributed by atoms with Gasteiger partial charge in [-0.2, -0.15) is 0 Å². The molecule has 0 saturated carbocycles. The monoisotopic (exact) mass is 361 g/mol. The average Bonchev–Trinajstić information content (AvgIpc) is 3.02. The second-order valence-electron chi connectivity index (χ2n) is 5.74. The van der Waals surface area contributed by atoms with Gasteiger partial charge in [0.1, 0.15) is 10.6 Å². The predicted octanol–water partition coefficient (Wildman–Crippen LogP) is 3.28. The third-order valence-corrected chi connectivity index (χ3v) is 5.65. The molecule has 1 aromatic rings. The first-order valence-electron chi connectivity index (χ1n) is 7.98. The van der Waals surface area contributed by atoms with Gasteiger partial charge in [-0.05, 0) is 43.9 Å². The standard InChI is InChI=1S/C16H24ClNO4S/c1-3-4-7-22-15-9-12(2)14(17)10-16(15)23(19,20)18-11-13-6-5-8-21-13/h9-10,13,18H,3-8,11H2,1-2H3/t13-/m1/s1. The van der Waals surface area contributed by atoms with Gasteiger partial charge in [-0.1, -0.05) is 24.9 Å². The van der Waals surface area contributed by atoms with Gasteiger partial charge in [-0.15, -0.1) is 0 Å². The van der Waals surface area contributed by atoms with E-state index in [0.717, 1.165) is 31.2 Å². The number of hydrogen-bond acceptors (Lipinski definition) is 4. The molecule has 1 atom stereocenters. The zero-order valence-corrected chi connectivity index (χ0v) is 15.2. The fourth-order valence-corrected chi connectivity index (χ4v) is 3.82. The van der Waals surface area contributed by atoms with Crippen molar-refractivity contribution in [1.29, 1.82) is 0 Å². The summed E-state index contributed by atoms with van der Waals surface area (Å²) in [5.74, 6) is 0.347. The molecule has 0 bridgehead atoms. The molecule has 2 rings (SSSR count). The highest BCUT2D eigenvalue weighted by atomic mass is 35.5. The first-order chi connectivity index (χ1) is 10.9. The van der Waals surface area contributed by atoms with Crippen LogP contribution in [0, 0.1) is 6.92 Å². The Kier molecular flexibility index (Phi) is 6.71. The second kappa shape index (κ2) is 8.33. The molecule has 0 aromatic heterocycles. The molecular weight excluding hydrogens is 338 g/mol. The summed E-state index contributed by atoms with van der Waals surface area (Å²) in [6.07, 6.45) is 3.62. The molecule has 7 heteroatoms. The summed E-state index contributed by atoms with van der Waals surface area (Å²) in [4.78, 5) is 0.0854. The molecule has 5 nitrogen and oxygen atoms in total. The van der Waals surface area contributed by atoms with E-state index in [9.17, 15) is 8.42 Å². The Morgan fingerprint density at radius 1 is 1.43 bits per heavy atom. The molecule has 1 saturated heterocycles. The molecule has 1 heterocycles. The molecule has 130 valence electrons. The summed E-state index contributed by atoms with van der Waals surface area (Å²) in [5.41, 5.74) is 0.788. The van der Waals surface area contributed by atoms with Gasteiger partial charge < -0.3 is 9.47 Å². The highest BCUT2D eigenvalue weighted by molar-refractivity contribution is 7.89. The highest BCUT2D eigenvalue weighted by Crippen LogP contribution is 2.30. The predicted molar refractivity (Wildman–Crippen MR) is 90.8 cm³/mol. The van der Waals surface area contributed by atoms with Gasteiger partial charge in [0.2, 0.25) is 10.0 Å². The van der Waals surface area contributed by atoms with Crippen molar-refractivity contribution in [1.82, 2.24) is 4.72 Å². The van der Waals surface area contributed by atoms with Crippen molar-refractivity contribution < 1.29 is 17.9 Å². The van der Waals surface area contributed by atoms with Crippen LogP contribution in [0.3, 0.4) is 0 Å². The molecule has 1 fully saturated rings. The van der Waals surface area contributed by atoms with E-state index < -0.39 is 10.0 Å². The van der Waals surface area contributed by atoms with Gasteiger partial charge >= 0.3 is 0 Å². The van der Waals surface area contributed by atoms with Crippen molar-refractivity contribution in [3.63, 3.8) is 0 Å². The van der Waals surface area contributed by atoms with Crippen LogP contribution in [-0.2, 0) is 14.8 Å². The van der Waals surface area contributed by atoms with E-state index in [1.54, 1.807) is 6.07 Å². The molecule has 0 aliphatic carbocycles. The molecule has 0 amide bonds. The number of hydrogen-bond donors (Lipinski definition) is 1. The molecule has 1 aromatic carbocycles. The Morgan fingerprint density at radius 3 is 2.87 bits per heavy atom.